The maximum Gasteiger partial charge on any atom is 0.131 e. The molecule has 0 aliphatic carbocycles. The van der Waals surface area contributed by atoms with Gasteiger partial charge >= 0.3 is 0 Å². The Morgan fingerprint density at radius 3 is 2.76 bits per heavy atom. The van der Waals surface area contributed by atoms with Gasteiger partial charge in [0.25, 0.3) is 0 Å². The molecule has 2 aromatic rings. The Bertz CT molecular complexity index is 651. The Hall–Kier alpha value is -1.98. The lowest BCUT2D eigenvalue weighted by molar-refractivity contribution is 0.324. The van der Waals surface area contributed by atoms with Gasteiger partial charge in [0.15, 0.2) is 0 Å². The first-order valence-corrected chi connectivity index (χ1v) is 7.55. The zero-order valence-corrected chi connectivity index (χ0v) is 13.1. The molecule has 0 radical (unpaired) electrons. The minimum Gasteiger partial charge on any atom is -0.492 e. The topological polar surface area (TPSA) is 21.3 Å². The number of nitrogens with one attached hydrogen (secondary N) is 1. The Morgan fingerprint density at radius 1 is 1.19 bits per heavy atom. The minimum atomic E-state index is 0.270. The Kier molecular flexibility index (Phi) is 5.66. The van der Waals surface area contributed by atoms with Crippen LogP contribution in [0.5, 0.6) is 5.75 Å². The van der Waals surface area contributed by atoms with E-state index in [9.17, 15) is 0 Å². The average Bonchev–Trinajstić information content (AvgIpc) is 2.51. The normalized spacial score (nSPS) is 11.8. The molecule has 21 heavy (non-hydrogen) atoms. The van der Waals surface area contributed by atoms with Crippen LogP contribution >= 0.6 is 0 Å². The molecule has 110 valence electrons. The number of rotatable bonds is 6. The summed E-state index contributed by atoms with van der Waals surface area (Å²) < 4.78 is 6.08. The van der Waals surface area contributed by atoms with Crippen molar-refractivity contribution in [2.75, 3.05) is 13.2 Å². The SMILES string of the molecule is CC#CCCOc1c(C(C)NCC)ccc2ccccc12. The van der Waals surface area contributed by atoms with Crippen LogP contribution in [0, 0.1) is 11.8 Å². The van der Waals surface area contributed by atoms with Gasteiger partial charge in [-0.3, -0.25) is 0 Å². The first-order chi connectivity index (χ1) is 10.3. The van der Waals surface area contributed by atoms with E-state index in [1.165, 1.54) is 16.3 Å². The van der Waals surface area contributed by atoms with E-state index in [4.69, 9.17) is 4.74 Å². The molecular formula is C19H23NO. The standard InChI is InChI=1S/C19H23NO/c1-4-6-9-14-21-19-17(15(3)20-5-2)13-12-16-10-7-8-11-18(16)19/h7-8,10-13,15,20H,5,9,14H2,1-3H3. The van der Waals surface area contributed by atoms with Crippen molar-refractivity contribution in [2.45, 2.75) is 33.2 Å². The van der Waals surface area contributed by atoms with E-state index >= 15 is 0 Å². The molecule has 2 nitrogen and oxygen atoms in total. The molecule has 0 aliphatic heterocycles. The molecule has 0 aliphatic rings. The van der Waals surface area contributed by atoms with Gasteiger partial charge < -0.3 is 10.1 Å². The molecule has 2 aromatic carbocycles. The summed E-state index contributed by atoms with van der Waals surface area (Å²) in [4.78, 5) is 0. The average molecular weight is 281 g/mol. The van der Waals surface area contributed by atoms with Crippen molar-refractivity contribution >= 4 is 10.8 Å². The van der Waals surface area contributed by atoms with Gasteiger partial charge in [0.2, 0.25) is 0 Å². The summed E-state index contributed by atoms with van der Waals surface area (Å²) in [5, 5.41) is 5.84. The lowest BCUT2D eigenvalue weighted by Gasteiger charge is -2.19. The summed E-state index contributed by atoms with van der Waals surface area (Å²) >= 11 is 0. The largest absolute Gasteiger partial charge is 0.492 e. The van der Waals surface area contributed by atoms with Gasteiger partial charge in [-0.2, -0.15) is 0 Å². The second kappa shape index (κ2) is 7.71. The fraction of sp³-hybridized carbons (Fsp3) is 0.368. The van der Waals surface area contributed by atoms with Gasteiger partial charge in [-0.05, 0) is 25.8 Å². The zero-order valence-electron chi connectivity index (χ0n) is 13.1. The number of hydrogen-bond donors (Lipinski definition) is 1. The van der Waals surface area contributed by atoms with Crippen molar-refractivity contribution in [1.29, 1.82) is 0 Å². The number of benzene rings is 2. The monoisotopic (exact) mass is 281 g/mol. The van der Waals surface area contributed by atoms with E-state index in [0.29, 0.717) is 6.61 Å². The molecular weight excluding hydrogens is 258 g/mol. The van der Waals surface area contributed by atoms with Crippen molar-refractivity contribution in [3.8, 4) is 17.6 Å². The molecule has 0 heterocycles. The molecule has 0 bridgehead atoms. The van der Waals surface area contributed by atoms with Crippen LogP contribution in [-0.4, -0.2) is 13.2 Å². The van der Waals surface area contributed by atoms with Crippen LogP contribution in [0.25, 0.3) is 10.8 Å². The van der Waals surface area contributed by atoms with Crippen LogP contribution < -0.4 is 10.1 Å². The van der Waals surface area contributed by atoms with Crippen LogP contribution in [0.3, 0.4) is 0 Å². The third-order valence-corrected chi connectivity index (χ3v) is 3.54. The molecule has 0 spiro atoms. The quantitative estimate of drug-likeness (QED) is 0.629. The lowest BCUT2D eigenvalue weighted by Crippen LogP contribution is -2.18. The van der Waals surface area contributed by atoms with Crippen molar-refractivity contribution < 1.29 is 4.74 Å². The van der Waals surface area contributed by atoms with Crippen LogP contribution in [-0.2, 0) is 0 Å². The van der Waals surface area contributed by atoms with Gasteiger partial charge in [-0.25, -0.2) is 0 Å². The molecule has 1 N–H and O–H groups in total. The second-order valence-electron chi connectivity index (χ2n) is 5.01. The van der Waals surface area contributed by atoms with E-state index in [1.54, 1.807) is 0 Å². The summed E-state index contributed by atoms with van der Waals surface area (Å²) in [6.45, 7) is 7.72. The summed E-state index contributed by atoms with van der Waals surface area (Å²) in [7, 11) is 0. The number of hydrogen-bond acceptors (Lipinski definition) is 2. The predicted octanol–water partition coefficient (Wildman–Crippen LogP) is 4.30. The predicted molar refractivity (Wildman–Crippen MR) is 89.6 cm³/mol. The summed E-state index contributed by atoms with van der Waals surface area (Å²) in [6.07, 6.45) is 0.759. The summed E-state index contributed by atoms with van der Waals surface area (Å²) in [5.74, 6) is 6.94. The van der Waals surface area contributed by atoms with Gasteiger partial charge in [-0.1, -0.05) is 43.3 Å². The van der Waals surface area contributed by atoms with Gasteiger partial charge in [0.1, 0.15) is 5.75 Å². The van der Waals surface area contributed by atoms with E-state index in [0.717, 1.165) is 18.7 Å². The summed E-state index contributed by atoms with van der Waals surface area (Å²) in [6, 6.07) is 13.0. The third-order valence-electron chi connectivity index (χ3n) is 3.54. The van der Waals surface area contributed by atoms with E-state index < -0.39 is 0 Å². The molecule has 1 atom stereocenters. The molecule has 0 fully saturated rings. The molecule has 0 aromatic heterocycles. The number of ether oxygens (including phenoxy) is 1. The first kappa shape index (κ1) is 15.4. The van der Waals surface area contributed by atoms with Crippen molar-refractivity contribution in [3.05, 3.63) is 42.0 Å². The lowest BCUT2D eigenvalue weighted by atomic mass is 10.0. The van der Waals surface area contributed by atoms with Crippen molar-refractivity contribution in [1.82, 2.24) is 5.32 Å². The minimum absolute atomic E-state index is 0.270. The Morgan fingerprint density at radius 2 is 2.00 bits per heavy atom. The molecule has 2 heteroatoms. The van der Waals surface area contributed by atoms with Crippen molar-refractivity contribution in [2.24, 2.45) is 0 Å². The van der Waals surface area contributed by atoms with Crippen LogP contribution in [0.4, 0.5) is 0 Å². The molecule has 1 unspecified atom stereocenters. The molecule has 2 rings (SSSR count). The van der Waals surface area contributed by atoms with Crippen molar-refractivity contribution in [3.63, 3.8) is 0 Å². The highest BCUT2D eigenvalue weighted by Gasteiger charge is 2.14. The summed E-state index contributed by atoms with van der Waals surface area (Å²) in [5.41, 5.74) is 1.21. The van der Waals surface area contributed by atoms with Crippen LogP contribution in [0.1, 0.15) is 38.8 Å². The molecule has 0 amide bonds. The first-order valence-electron chi connectivity index (χ1n) is 7.55. The fourth-order valence-electron chi connectivity index (χ4n) is 2.51. The highest BCUT2D eigenvalue weighted by Crippen LogP contribution is 2.33. The maximum absolute atomic E-state index is 6.08. The highest BCUT2D eigenvalue weighted by molar-refractivity contribution is 5.89. The third kappa shape index (κ3) is 3.77. The Labute approximate surface area is 127 Å². The molecule has 0 saturated heterocycles. The van der Waals surface area contributed by atoms with E-state index in [-0.39, 0.29) is 6.04 Å². The second-order valence-corrected chi connectivity index (χ2v) is 5.01. The fourth-order valence-corrected chi connectivity index (χ4v) is 2.51. The number of fused-ring (bicyclic) bond motifs is 1. The smallest absolute Gasteiger partial charge is 0.131 e. The van der Waals surface area contributed by atoms with Gasteiger partial charge in [0.05, 0.1) is 6.61 Å². The maximum atomic E-state index is 6.08. The molecule has 0 saturated carbocycles. The van der Waals surface area contributed by atoms with Crippen LogP contribution in [0.2, 0.25) is 0 Å². The van der Waals surface area contributed by atoms with E-state index in [1.807, 2.05) is 6.92 Å². The Balaban J connectivity index is 2.38. The van der Waals surface area contributed by atoms with Crippen LogP contribution in [0.15, 0.2) is 36.4 Å². The zero-order chi connectivity index (χ0) is 15.1. The van der Waals surface area contributed by atoms with E-state index in [2.05, 4.69) is 67.4 Å². The highest BCUT2D eigenvalue weighted by atomic mass is 16.5. The van der Waals surface area contributed by atoms with Gasteiger partial charge in [0, 0.05) is 23.4 Å². The van der Waals surface area contributed by atoms with Gasteiger partial charge in [-0.15, -0.1) is 11.8 Å².